The molecule has 150 valence electrons. The van der Waals surface area contributed by atoms with Gasteiger partial charge in [0, 0.05) is 25.2 Å². The molecule has 1 aromatic carbocycles. The first-order valence-electron chi connectivity index (χ1n) is 9.44. The number of nitrogens with zero attached hydrogens (tertiary/aromatic N) is 4. The van der Waals surface area contributed by atoms with Crippen LogP contribution in [0.4, 0.5) is 0 Å². The van der Waals surface area contributed by atoms with E-state index < -0.39 is 0 Å². The normalized spacial score (nSPS) is 16.1. The smallest absolute Gasteiger partial charge is 0.276 e. The first-order chi connectivity index (χ1) is 14.0. The molecule has 1 aliphatic heterocycles. The number of aromatic nitrogens is 3. The second-order valence-corrected chi connectivity index (χ2v) is 6.89. The zero-order valence-corrected chi connectivity index (χ0v) is 16.6. The van der Waals surface area contributed by atoms with Crippen LogP contribution in [-0.2, 0) is 0 Å². The first kappa shape index (κ1) is 18.9. The second kappa shape index (κ2) is 7.90. The Morgan fingerprint density at radius 3 is 2.59 bits per heavy atom. The van der Waals surface area contributed by atoms with Crippen molar-refractivity contribution in [3.8, 4) is 17.4 Å². The summed E-state index contributed by atoms with van der Waals surface area (Å²) in [4.78, 5) is 27.9. The van der Waals surface area contributed by atoms with E-state index in [9.17, 15) is 4.79 Å². The van der Waals surface area contributed by atoms with Gasteiger partial charge in [0.2, 0.25) is 5.88 Å². The molecule has 29 heavy (non-hydrogen) atoms. The number of rotatable bonds is 5. The standard InChI is InChI=1S/C21H22N4O4/c1-13-11-19(29-16-8-6-15(27-3)7-9-16)24-20(22-13)18-5-4-10-25(18)21(26)17-12-28-14(2)23-17/h6-9,11-12,18H,4-5,10H2,1-3H3/t18-/m1/s1. The molecule has 0 bridgehead atoms. The van der Waals surface area contributed by atoms with Gasteiger partial charge in [0.05, 0.1) is 13.2 Å². The predicted octanol–water partition coefficient (Wildman–Crippen LogP) is 3.86. The Labute approximate surface area is 168 Å². The number of aryl methyl sites for hydroxylation is 2. The zero-order valence-electron chi connectivity index (χ0n) is 16.6. The third-order valence-corrected chi connectivity index (χ3v) is 4.78. The number of benzene rings is 1. The number of hydrogen-bond acceptors (Lipinski definition) is 7. The lowest BCUT2D eigenvalue weighted by molar-refractivity contribution is 0.0723. The SMILES string of the molecule is COc1ccc(Oc2cc(C)nc([C@H]3CCCN3C(=O)c3coc(C)n3)n2)cc1. The van der Waals surface area contributed by atoms with Crippen LogP contribution in [0.15, 0.2) is 41.0 Å². The summed E-state index contributed by atoms with van der Waals surface area (Å²) in [6.45, 7) is 4.22. The van der Waals surface area contributed by atoms with Gasteiger partial charge in [-0.15, -0.1) is 0 Å². The van der Waals surface area contributed by atoms with E-state index in [1.54, 1.807) is 25.0 Å². The maximum atomic E-state index is 12.9. The monoisotopic (exact) mass is 394 g/mol. The molecule has 1 amide bonds. The number of carbonyl (C=O) groups excluding carboxylic acids is 1. The van der Waals surface area contributed by atoms with Gasteiger partial charge in [-0.25, -0.2) is 9.97 Å². The average molecular weight is 394 g/mol. The minimum atomic E-state index is -0.224. The van der Waals surface area contributed by atoms with Gasteiger partial charge in [-0.1, -0.05) is 0 Å². The number of ether oxygens (including phenoxy) is 2. The van der Waals surface area contributed by atoms with Crippen molar-refractivity contribution < 1.29 is 18.7 Å². The second-order valence-electron chi connectivity index (χ2n) is 6.89. The number of amides is 1. The zero-order chi connectivity index (χ0) is 20.4. The van der Waals surface area contributed by atoms with Crippen LogP contribution in [0.3, 0.4) is 0 Å². The third kappa shape index (κ3) is 4.06. The highest BCUT2D eigenvalue weighted by atomic mass is 16.5. The molecule has 1 saturated heterocycles. The summed E-state index contributed by atoms with van der Waals surface area (Å²) in [5.41, 5.74) is 1.08. The highest BCUT2D eigenvalue weighted by Gasteiger charge is 2.34. The van der Waals surface area contributed by atoms with Crippen LogP contribution in [0.1, 0.15) is 46.8 Å². The molecule has 0 radical (unpaired) electrons. The molecule has 0 N–H and O–H groups in total. The number of carbonyl (C=O) groups is 1. The van der Waals surface area contributed by atoms with E-state index in [2.05, 4.69) is 15.0 Å². The van der Waals surface area contributed by atoms with Gasteiger partial charge in [0.25, 0.3) is 5.91 Å². The lowest BCUT2D eigenvalue weighted by Crippen LogP contribution is -2.31. The first-order valence-corrected chi connectivity index (χ1v) is 9.44. The van der Waals surface area contributed by atoms with Crippen molar-refractivity contribution in [2.75, 3.05) is 13.7 Å². The topological polar surface area (TPSA) is 90.6 Å². The van der Waals surface area contributed by atoms with E-state index in [-0.39, 0.29) is 11.9 Å². The largest absolute Gasteiger partial charge is 0.497 e. The average Bonchev–Trinajstić information content (AvgIpc) is 3.37. The van der Waals surface area contributed by atoms with E-state index in [1.165, 1.54) is 6.26 Å². The van der Waals surface area contributed by atoms with E-state index >= 15 is 0 Å². The molecule has 0 spiro atoms. The number of hydrogen-bond donors (Lipinski definition) is 0. The molecule has 3 heterocycles. The molecular formula is C21H22N4O4. The Balaban J connectivity index is 1.57. The van der Waals surface area contributed by atoms with Crippen molar-refractivity contribution >= 4 is 5.91 Å². The van der Waals surface area contributed by atoms with Gasteiger partial charge in [-0.3, -0.25) is 4.79 Å². The van der Waals surface area contributed by atoms with Crippen molar-refractivity contribution in [3.63, 3.8) is 0 Å². The Kier molecular flexibility index (Phi) is 5.16. The summed E-state index contributed by atoms with van der Waals surface area (Å²) in [6.07, 6.45) is 3.05. The summed E-state index contributed by atoms with van der Waals surface area (Å²) in [5.74, 6) is 2.69. The molecule has 1 fully saturated rings. The maximum Gasteiger partial charge on any atom is 0.276 e. The quantitative estimate of drug-likeness (QED) is 0.649. The fraction of sp³-hybridized carbons (Fsp3) is 0.333. The van der Waals surface area contributed by atoms with E-state index in [0.717, 1.165) is 24.3 Å². The molecule has 3 aromatic rings. The summed E-state index contributed by atoms with van der Waals surface area (Å²) < 4.78 is 16.3. The summed E-state index contributed by atoms with van der Waals surface area (Å²) >= 11 is 0. The van der Waals surface area contributed by atoms with Crippen molar-refractivity contribution in [1.82, 2.24) is 19.9 Å². The molecule has 8 heteroatoms. The molecule has 0 saturated carbocycles. The molecule has 1 aliphatic rings. The fourth-order valence-corrected chi connectivity index (χ4v) is 3.41. The van der Waals surface area contributed by atoms with Crippen LogP contribution >= 0.6 is 0 Å². The maximum absolute atomic E-state index is 12.9. The van der Waals surface area contributed by atoms with Gasteiger partial charge in [-0.05, 0) is 44.0 Å². The minimum absolute atomic E-state index is 0.174. The van der Waals surface area contributed by atoms with Gasteiger partial charge >= 0.3 is 0 Å². The van der Waals surface area contributed by atoms with Gasteiger partial charge in [-0.2, -0.15) is 4.98 Å². The Morgan fingerprint density at radius 2 is 1.90 bits per heavy atom. The van der Waals surface area contributed by atoms with Crippen LogP contribution in [0.2, 0.25) is 0 Å². The number of likely N-dealkylation sites (tertiary alicyclic amines) is 1. The van der Waals surface area contributed by atoms with Crippen LogP contribution < -0.4 is 9.47 Å². The Bertz CT molecular complexity index is 1020. The Hall–Kier alpha value is -3.42. The predicted molar refractivity (Wildman–Crippen MR) is 104 cm³/mol. The molecule has 0 unspecified atom stereocenters. The van der Waals surface area contributed by atoms with Gasteiger partial charge < -0.3 is 18.8 Å². The van der Waals surface area contributed by atoms with Crippen molar-refractivity contribution in [2.45, 2.75) is 32.7 Å². The number of methoxy groups -OCH3 is 1. The minimum Gasteiger partial charge on any atom is -0.497 e. The highest BCUT2D eigenvalue weighted by molar-refractivity contribution is 5.92. The van der Waals surface area contributed by atoms with Gasteiger partial charge in [0.1, 0.15) is 17.8 Å². The molecule has 1 atom stereocenters. The van der Waals surface area contributed by atoms with E-state index in [1.807, 2.05) is 31.2 Å². The summed E-state index contributed by atoms with van der Waals surface area (Å²) in [6, 6.07) is 8.82. The van der Waals surface area contributed by atoms with Crippen LogP contribution in [0.5, 0.6) is 17.4 Å². The van der Waals surface area contributed by atoms with Crippen molar-refractivity contribution in [1.29, 1.82) is 0 Å². The van der Waals surface area contributed by atoms with Crippen LogP contribution in [0.25, 0.3) is 0 Å². The molecule has 8 nitrogen and oxygen atoms in total. The molecule has 2 aromatic heterocycles. The van der Waals surface area contributed by atoms with Crippen molar-refractivity contribution in [3.05, 3.63) is 59.7 Å². The highest BCUT2D eigenvalue weighted by Crippen LogP contribution is 2.33. The summed E-state index contributed by atoms with van der Waals surface area (Å²) in [5, 5.41) is 0. The molecular weight excluding hydrogens is 372 g/mol. The van der Waals surface area contributed by atoms with Crippen LogP contribution in [0, 0.1) is 13.8 Å². The fourth-order valence-electron chi connectivity index (χ4n) is 3.41. The lowest BCUT2D eigenvalue weighted by atomic mass is 10.2. The lowest BCUT2D eigenvalue weighted by Gasteiger charge is -2.23. The molecule has 0 aliphatic carbocycles. The van der Waals surface area contributed by atoms with E-state index in [4.69, 9.17) is 13.9 Å². The Morgan fingerprint density at radius 1 is 1.14 bits per heavy atom. The van der Waals surface area contributed by atoms with E-state index in [0.29, 0.717) is 35.6 Å². The van der Waals surface area contributed by atoms with Crippen molar-refractivity contribution in [2.24, 2.45) is 0 Å². The summed E-state index contributed by atoms with van der Waals surface area (Å²) in [7, 11) is 1.62. The number of oxazole rings is 1. The third-order valence-electron chi connectivity index (χ3n) is 4.78. The van der Waals surface area contributed by atoms with Gasteiger partial charge in [0.15, 0.2) is 17.4 Å². The van der Waals surface area contributed by atoms with Crippen LogP contribution in [-0.4, -0.2) is 39.4 Å². The molecule has 4 rings (SSSR count).